The van der Waals surface area contributed by atoms with E-state index in [9.17, 15) is 4.79 Å². The molecule has 4 aromatic rings. The molecule has 2 aromatic carbocycles. The molecule has 0 unspecified atom stereocenters. The Labute approximate surface area is 242 Å². The first-order valence-electron chi connectivity index (χ1n) is 14.2. The van der Waals surface area contributed by atoms with Crippen molar-refractivity contribution >= 4 is 40.4 Å². The Morgan fingerprint density at radius 1 is 1.00 bits per heavy atom. The van der Waals surface area contributed by atoms with E-state index in [0.717, 1.165) is 55.2 Å². The molecule has 3 heterocycles. The highest BCUT2D eigenvalue weighted by Gasteiger charge is 2.23. The molecule has 10 heteroatoms. The van der Waals surface area contributed by atoms with Gasteiger partial charge in [-0.15, -0.1) is 0 Å². The van der Waals surface area contributed by atoms with Crippen LogP contribution < -0.4 is 20.4 Å². The number of carbonyl (C=O) groups excluding carboxylic acids is 1. The quantitative estimate of drug-likeness (QED) is 0.271. The van der Waals surface area contributed by atoms with Gasteiger partial charge in [-0.2, -0.15) is 5.10 Å². The van der Waals surface area contributed by atoms with Gasteiger partial charge in [0, 0.05) is 61.5 Å². The van der Waals surface area contributed by atoms with E-state index in [2.05, 4.69) is 66.7 Å². The van der Waals surface area contributed by atoms with Crippen molar-refractivity contribution in [3.63, 3.8) is 0 Å². The number of piperazine rings is 1. The number of hydrogen-bond donors (Lipinski definition) is 2. The van der Waals surface area contributed by atoms with Crippen molar-refractivity contribution in [2.75, 3.05) is 53.2 Å². The number of nitrogens with zero attached hydrogens (tertiary/aromatic N) is 7. The summed E-state index contributed by atoms with van der Waals surface area (Å²) in [7, 11) is 0. The van der Waals surface area contributed by atoms with Crippen molar-refractivity contribution in [2.24, 2.45) is 0 Å². The standard InChI is InChI=1S/C31H39N9O/c1-6-37-14-16-38(17-15-37)26-12-10-25(11-13-26)35-28-18-29(33-21-32-28)40(27-19-34-39(20-27)22(2)3)31(41)36-30-23(4)8-7-9-24(30)5/h7-13,18-22H,6,14-17H2,1-5H3,(H,36,41)(H,32,33,35). The fraction of sp³-hybridized carbons (Fsp3) is 0.355. The first kappa shape index (κ1) is 28.1. The lowest BCUT2D eigenvalue weighted by molar-refractivity contribution is 0.259. The van der Waals surface area contributed by atoms with Crippen LogP contribution in [0.5, 0.6) is 0 Å². The largest absolute Gasteiger partial charge is 0.369 e. The summed E-state index contributed by atoms with van der Waals surface area (Å²) in [5, 5.41) is 10.9. The van der Waals surface area contributed by atoms with Gasteiger partial charge < -0.3 is 20.4 Å². The molecule has 0 bridgehead atoms. The lowest BCUT2D eigenvalue weighted by Gasteiger charge is -2.35. The van der Waals surface area contributed by atoms with Crippen molar-refractivity contribution in [3.8, 4) is 0 Å². The number of benzene rings is 2. The number of rotatable bonds is 8. The molecule has 2 aromatic heterocycles. The molecule has 0 radical (unpaired) electrons. The molecule has 1 aliphatic heterocycles. The van der Waals surface area contributed by atoms with Gasteiger partial charge in [-0.25, -0.2) is 19.7 Å². The maximum absolute atomic E-state index is 13.8. The van der Waals surface area contributed by atoms with E-state index in [1.165, 1.54) is 16.9 Å². The Bertz CT molecular complexity index is 1450. The number of aryl methyl sites for hydroxylation is 2. The molecule has 41 heavy (non-hydrogen) atoms. The smallest absolute Gasteiger partial charge is 0.332 e. The Hall–Kier alpha value is -4.44. The number of amides is 2. The highest BCUT2D eigenvalue weighted by Crippen LogP contribution is 2.29. The zero-order valence-corrected chi connectivity index (χ0v) is 24.5. The molecule has 214 valence electrons. The Morgan fingerprint density at radius 3 is 2.34 bits per heavy atom. The molecule has 5 rings (SSSR count). The zero-order valence-electron chi connectivity index (χ0n) is 24.5. The number of aromatic nitrogens is 4. The van der Waals surface area contributed by atoms with Crippen LogP contribution in [-0.2, 0) is 0 Å². The van der Waals surface area contributed by atoms with Gasteiger partial charge in [0.15, 0.2) is 0 Å². The summed E-state index contributed by atoms with van der Waals surface area (Å²) >= 11 is 0. The number of para-hydroxylation sites is 1. The van der Waals surface area contributed by atoms with Crippen molar-refractivity contribution in [1.29, 1.82) is 0 Å². The second-order valence-corrected chi connectivity index (χ2v) is 10.7. The maximum atomic E-state index is 13.8. The van der Waals surface area contributed by atoms with E-state index in [-0.39, 0.29) is 12.1 Å². The summed E-state index contributed by atoms with van der Waals surface area (Å²) in [5.41, 5.74) is 5.48. The Balaban J connectivity index is 1.38. The Morgan fingerprint density at radius 2 is 1.71 bits per heavy atom. The van der Waals surface area contributed by atoms with Gasteiger partial charge in [0.2, 0.25) is 0 Å². The van der Waals surface area contributed by atoms with Gasteiger partial charge in [0.1, 0.15) is 18.0 Å². The average molecular weight is 554 g/mol. The van der Waals surface area contributed by atoms with Crippen LogP contribution in [0.2, 0.25) is 0 Å². The van der Waals surface area contributed by atoms with E-state index in [0.29, 0.717) is 17.3 Å². The molecule has 0 saturated carbocycles. The van der Waals surface area contributed by atoms with Crippen LogP contribution >= 0.6 is 0 Å². The molecule has 10 nitrogen and oxygen atoms in total. The van der Waals surface area contributed by atoms with Gasteiger partial charge in [-0.1, -0.05) is 25.1 Å². The predicted octanol–water partition coefficient (Wildman–Crippen LogP) is 6.13. The molecular weight excluding hydrogens is 514 g/mol. The predicted molar refractivity (Wildman–Crippen MR) is 166 cm³/mol. The third-order valence-corrected chi connectivity index (χ3v) is 7.50. The molecule has 0 atom stereocenters. The van der Waals surface area contributed by atoms with Crippen LogP contribution in [0.4, 0.5) is 39.2 Å². The van der Waals surface area contributed by atoms with E-state index in [1.807, 2.05) is 56.8 Å². The summed E-state index contributed by atoms with van der Waals surface area (Å²) in [6.45, 7) is 15.6. The van der Waals surface area contributed by atoms with Gasteiger partial charge in [0.05, 0.1) is 11.9 Å². The first-order valence-corrected chi connectivity index (χ1v) is 14.2. The molecule has 1 saturated heterocycles. The first-order chi connectivity index (χ1) is 19.8. The fourth-order valence-electron chi connectivity index (χ4n) is 5.02. The summed E-state index contributed by atoms with van der Waals surface area (Å²) < 4.78 is 1.82. The van der Waals surface area contributed by atoms with Crippen molar-refractivity contribution in [3.05, 3.63) is 78.4 Å². The van der Waals surface area contributed by atoms with E-state index < -0.39 is 0 Å². The number of anilines is 6. The van der Waals surface area contributed by atoms with Crippen molar-refractivity contribution < 1.29 is 4.79 Å². The molecule has 1 fully saturated rings. The molecule has 2 N–H and O–H groups in total. The highest BCUT2D eigenvalue weighted by atomic mass is 16.2. The summed E-state index contributed by atoms with van der Waals surface area (Å²) in [6, 6.07) is 15.9. The second kappa shape index (κ2) is 12.4. The van der Waals surface area contributed by atoms with Gasteiger partial charge in [-0.3, -0.25) is 4.68 Å². The van der Waals surface area contributed by atoms with Gasteiger partial charge >= 0.3 is 6.03 Å². The third kappa shape index (κ3) is 6.49. The molecular formula is C31H39N9O. The number of nitrogens with one attached hydrogen (secondary N) is 2. The molecule has 2 amide bonds. The lowest BCUT2D eigenvalue weighted by Crippen LogP contribution is -2.46. The minimum Gasteiger partial charge on any atom is -0.369 e. The molecule has 0 aliphatic carbocycles. The van der Waals surface area contributed by atoms with E-state index in [1.54, 1.807) is 12.3 Å². The average Bonchev–Trinajstić information content (AvgIpc) is 3.46. The third-order valence-electron chi connectivity index (χ3n) is 7.50. The molecule has 1 aliphatic rings. The lowest BCUT2D eigenvalue weighted by atomic mass is 10.1. The monoisotopic (exact) mass is 553 g/mol. The van der Waals surface area contributed by atoms with E-state index >= 15 is 0 Å². The normalized spacial score (nSPS) is 13.9. The van der Waals surface area contributed by atoms with Gasteiger partial charge in [0.25, 0.3) is 0 Å². The minimum absolute atomic E-state index is 0.147. The fourth-order valence-corrected chi connectivity index (χ4v) is 5.02. The summed E-state index contributed by atoms with van der Waals surface area (Å²) in [5.74, 6) is 1.01. The zero-order chi connectivity index (χ0) is 28.9. The van der Waals surface area contributed by atoms with Crippen molar-refractivity contribution in [1.82, 2.24) is 24.6 Å². The minimum atomic E-state index is -0.331. The number of likely N-dealkylation sites (N-methyl/N-ethyl adjacent to an activating group) is 1. The topological polar surface area (TPSA) is 94.5 Å². The number of hydrogen-bond acceptors (Lipinski definition) is 7. The van der Waals surface area contributed by atoms with Crippen LogP contribution in [0.1, 0.15) is 37.9 Å². The van der Waals surface area contributed by atoms with Crippen LogP contribution in [0, 0.1) is 13.8 Å². The van der Waals surface area contributed by atoms with Crippen LogP contribution in [0.15, 0.2) is 67.3 Å². The number of urea groups is 1. The number of carbonyl (C=O) groups is 1. The maximum Gasteiger partial charge on any atom is 0.332 e. The van der Waals surface area contributed by atoms with E-state index in [4.69, 9.17) is 0 Å². The van der Waals surface area contributed by atoms with Crippen LogP contribution in [-0.4, -0.2) is 63.4 Å². The molecule has 0 spiro atoms. The van der Waals surface area contributed by atoms with Crippen LogP contribution in [0.3, 0.4) is 0 Å². The van der Waals surface area contributed by atoms with Crippen molar-refractivity contribution in [2.45, 2.75) is 40.7 Å². The highest BCUT2D eigenvalue weighted by molar-refractivity contribution is 6.07. The Kier molecular flexibility index (Phi) is 8.49. The summed E-state index contributed by atoms with van der Waals surface area (Å²) in [4.78, 5) is 29.1. The second-order valence-electron chi connectivity index (χ2n) is 10.7. The van der Waals surface area contributed by atoms with Crippen LogP contribution in [0.25, 0.3) is 0 Å². The summed E-state index contributed by atoms with van der Waals surface area (Å²) in [6.07, 6.45) is 4.99. The SMILES string of the molecule is CCN1CCN(c2ccc(Nc3cc(N(C(=O)Nc4c(C)cccc4C)c4cnn(C(C)C)c4)ncn3)cc2)CC1. The van der Waals surface area contributed by atoms with Gasteiger partial charge in [-0.05, 0) is 69.6 Å².